The minimum Gasteiger partial charge on any atom is -0.341 e. The van der Waals surface area contributed by atoms with Crippen LogP contribution in [0.25, 0.3) is 6.08 Å². The van der Waals surface area contributed by atoms with Crippen LogP contribution < -0.4 is 5.56 Å². The van der Waals surface area contributed by atoms with Crippen molar-refractivity contribution >= 4 is 12.0 Å². The largest absolute Gasteiger partial charge is 0.341 e. The topological polar surface area (TPSA) is 45.5 Å². The molecule has 0 bridgehead atoms. The van der Waals surface area contributed by atoms with E-state index in [9.17, 15) is 9.59 Å². The van der Waals surface area contributed by atoms with Crippen molar-refractivity contribution < 1.29 is 4.79 Å². The number of allylic oxidation sites excluding steroid dienone is 1. The van der Waals surface area contributed by atoms with E-state index in [-0.39, 0.29) is 11.5 Å². The number of hydrogen-bond donors (Lipinski definition) is 0. The van der Waals surface area contributed by atoms with Gasteiger partial charge in [0.05, 0.1) is 5.56 Å². The van der Waals surface area contributed by atoms with Crippen LogP contribution >= 0.6 is 0 Å². The predicted molar refractivity (Wildman–Crippen MR) is 121 cm³/mol. The molecule has 5 heteroatoms. The van der Waals surface area contributed by atoms with Gasteiger partial charge >= 0.3 is 0 Å². The molecule has 0 atom stereocenters. The summed E-state index contributed by atoms with van der Waals surface area (Å²) in [6.07, 6.45) is 8.41. The number of hydrogen-bond acceptors (Lipinski definition) is 3. The van der Waals surface area contributed by atoms with Gasteiger partial charge in [-0.2, -0.15) is 0 Å². The Kier molecular flexibility index (Phi) is 5.91. The maximum atomic E-state index is 13.1. The normalized spacial score (nSPS) is 16.6. The first-order valence-corrected chi connectivity index (χ1v) is 10.8. The Balaban J connectivity index is 1.35. The second-order valence-corrected chi connectivity index (χ2v) is 8.85. The molecule has 4 rings (SSSR count). The zero-order chi connectivity index (χ0) is 21.3. The Labute approximate surface area is 178 Å². The van der Waals surface area contributed by atoms with Crippen LogP contribution in [-0.2, 0) is 20.0 Å². The van der Waals surface area contributed by atoms with Gasteiger partial charge in [-0.1, -0.05) is 42.0 Å². The first-order valence-electron chi connectivity index (χ1n) is 10.8. The van der Waals surface area contributed by atoms with Gasteiger partial charge in [-0.3, -0.25) is 14.5 Å². The van der Waals surface area contributed by atoms with Gasteiger partial charge in [-0.15, -0.1) is 0 Å². The maximum absolute atomic E-state index is 13.1. The number of rotatable bonds is 5. The molecule has 1 aromatic carbocycles. The van der Waals surface area contributed by atoms with Crippen LogP contribution in [0.4, 0.5) is 0 Å². The fourth-order valence-corrected chi connectivity index (χ4v) is 4.62. The first-order chi connectivity index (χ1) is 14.4. The van der Waals surface area contributed by atoms with E-state index in [1.807, 2.05) is 24.1 Å². The molecular weight excluding hydrogens is 374 g/mol. The van der Waals surface area contributed by atoms with E-state index in [1.54, 1.807) is 13.2 Å². The summed E-state index contributed by atoms with van der Waals surface area (Å²) in [7, 11) is 3.61. The van der Waals surface area contributed by atoms with Crippen molar-refractivity contribution in [2.45, 2.75) is 32.7 Å². The number of pyridine rings is 1. The molecule has 30 heavy (non-hydrogen) atoms. The number of likely N-dealkylation sites (tertiary alicyclic amines) is 1. The lowest BCUT2D eigenvalue weighted by Gasteiger charge is -2.34. The van der Waals surface area contributed by atoms with Crippen LogP contribution in [-0.4, -0.2) is 47.0 Å². The van der Waals surface area contributed by atoms with Gasteiger partial charge in [0, 0.05) is 38.9 Å². The smallest absolute Gasteiger partial charge is 0.255 e. The van der Waals surface area contributed by atoms with Crippen molar-refractivity contribution in [2.24, 2.45) is 13.0 Å². The van der Waals surface area contributed by atoms with Gasteiger partial charge < -0.3 is 9.47 Å². The van der Waals surface area contributed by atoms with Crippen molar-refractivity contribution in [3.8, 4) is 0 Å². The Bertz CT molecular complexity index is 1010. The summed E-state index contributed by atoms with van der Waals surface area (Å²) in [5.74, 6) is 0.528. The Morgan fingerprint density at radius 2 is 1.87 bits per heavy atom. The van der Waals surface area contributed by atoms with Crippen molar-refractivity contribution in [3.05, 3.63) is 74.7 Å². The summed E-state index contributed by atoms with van der Waals surface area (Å²) in [5, 5.41) is 0. The third-order valence-electron chi connectivity index (χ3n) is 6.47. The minimum absolute atomic E-state index is 0.00449. The molecule has 1 aliphatic carbocycles. The molecule has 1 aromatic heterocycles. The third kappa shape index (κ3) is 4.26. The Morgan fingerprint density at radius 3 is 2.57 bits per heavy atom. The number of fused-ring (bicyclic) bond motifs is 1. The molecular formula is C25H31N3O2. The average Bonchev–Trinajstić information content (AvgIpc) is 3.23. The van der Waals surface area contributed by atoms with Crippen molar-refractivity contribution in [2.75, 3.05) is 26.7 Å². The van der Waals surface area contributed by atoms with E-state index < -0.39 is 0 Å². The molecule has 0 spiro atoms. The summed E-state index contributed by atoms with van der Waals surface area (Å²) < 4.78 is 1.54. The van der Waals surface area contributed by atoms with Crippen LogP contribution in [0, 0.1) is 12.8 Å². The summed E-state index contributed by atoms with van der Waals surface area (Å²) in [5.41, 5.74) is 4.84. The van der Waals surface area contributed by atoms with Gasteiger partial charge in [0.15, 0.2) is 0 Å². The van der Waals surface area contributed by atoms with E-state index in [0.717, 1.165) is 50.1 Å². The van der Waals surface area contributed by atoms with E-state index in [4.69, 9.17) is 0 Å². The zero-order valence-electron chi connectivity index (χ0n) is 18.2. The van der Waals surface area contributed by atoms with Gasteiger partial charge in [0.25, 0.3) is 11.5 Å². The zero-order valence-corrected chi connectivity index (χ0v) is 18.2. The van der Waals surface area contributed by atoms with Crippen LogP contribution in [0.2, 0.25) is 0 Å². The average molecular weight is 406 g/mol. The number of benzene rings is 1. The highest BCUT2D eigenvalue weighted by atomic mass is 16.2. The fraction of sp³-hybridized carbons (Fsp3) is 0.440. The highest BCUT2D eigenvalue weighted by Crippen LogP contribution is 2.24. The number of carbonyl (C=O) groups is 1. The van der Waals surface area contributed by atoms with E-state index >= 15 is 0 Å². The summed E-state index contributed by atoms with van der Waals surface area (Å²) in [4.78, 5) is 29.8. The van der Waals surface area contributed by atoms with Crippen LogP contribution in [0.3, 0.4) is 0 Å². The number of amides is 1. The molecule has 2 aromatic rings. The van der Waals surface area contributed by atoms with Crippen LogP contribution in [0.5, 0.6) is 0 Å². The summed E-state index contributed by atoms with van der Waals surface area (Å²) in [6.45, 7) is 6.01. The number of aromatic nitrogens is 1. The highest BCUT2D eigenvalue weighted by Gasteiger charge is 2.25. The number of nitrogens with zero attached hydrogens (tertiary/aromatic N) is 3. The molecule has 0 saturated carbocycles. The van der Waals surface area contributed by atoms with E-state index in [1.165, 1.54) is 15.7 Å². The van der Waals surface area contributed by atoms with Gasteiger partial charge in [-0.25, -0.2) is 0 Å². The SMILES string of the molecule is Cc1ccc(CN2CCC(CN(C)C(=O)c3cn(C)c(=O)c4c3C=CC4)CC2)cc1. The molecule has 158 valence electrons. The molecule has 2 heterocycles. The Hall–Kier alpha value is -2.66. The standard InChI is InChI=1S/C25H31N3O2/c1-18-7-9-19(10-8-18)16-28-13-11-20(12-14-28)15-26(2)25(30)23-17-27(3)24(29)22-6-4-5-21(22)23/h4-5,7-10,17,20H,6,11-16H2,1-3H3. The number of piperidine rings is 1. The molecule has 2 aliphatic rings. The van der Waals surface area contributed by atoms with Gasteiger partial charge in [0.1, 0.15) is 0 Å². The van der Waals surface area contributed by atoms with Crippen LogP contribution in [0.15, 0.2) is 41.3 Å². The highest BCUT2D eigenvalue weighted by molar-refractivity contribution is 5.98. The summed E-state index contributed by atoms with van der Waals surface area (Å²) in [6, 6.07) is 8.78. The molecule has 1 fully saturated rings. The van der Waals surface area contributed by atoms with Crippen molar-refractivity contribution in [3.63, 3.8) is 0 Å². The van der Waals surface area contributed by atoms with Crippen molar-refractivity contribution in [1.29, 1.82) is 0 Å². The number of carbonyl (C=O) groups excluding carboxylic acids is 1. The third-order valence-corrected chi connectivity index (χ3v) is 6.47. The van der Waals surface area contributed by atoms with E-state index in [2.05, 4.69) is 36.1 Å². The number of aryl methyl sites for hydroxylation is 2. The van der Waals surface area contributed by atoms with Crippen molar-refractivity contribution in [1.82, 2.24) is 14.4 Å². The quantitative estimate of drug-likeness (QED) is 0.767. The monoisotopic (exact) mass is 405 g/mol. The predicted octanol–water partition coefficient (Wildman–Crippen LogP) is 3.25. The molecule has 0 N–H and O–H groups in total. The molecule has 1 amide bonds. The van der Waals surface area contributed by atoms with E-state index in [0.29, 0.717) is 17.9 Å². The maximum Gasteiger partial charge on any atom is 0.255 e. The lowest BCUT2D eigenvalue weighted by atomic mass is 9.95. The second kappa shape index (κ2) is 8.60. The fourth-order valence-electron chi connectivity index (χ4n) is 4.62. The van der Waals surface area contributed by atoms with Gasteiger partial charge in [-0.05, 0) is 56.3 Å². The molecule has 0 radical (unpaired) electrons. The summed E-state index contributed by atoms with van der Waals surface area (Å²) >= 11 is 0. The van der Waals surface area contributed by atoms with Gasteiger partial charge in [0.2, 0.25) is 0 Å². The molecule has 1 saturated heterocycles. The van der Waals surface area contributed by atoms with Crippen LogP contribution in [0.1, 0.15) is 45.5 Å². The lowest BCUT2D eigenvalue weighted by molar-refractivity contribution is 0.0736. The Morgan fingerprint density at radius 1 is 1.17 bits per heavy atom. The molecule has 5 nitrogen and oxygen atoms in total. The second-order valence-electron chi connectivity index (χ2n) is 8.85. The minimum atomic E-state index is -0.00449. The first kappa shape index (κ1) is 20.6. The lowest BCUT2D eigenvalue weighted by Crippen LogP contribution is -2.39. The molecule has 1 aliphatic heterocycles. The molecule has 0 unspecified atom stereocenters.